The molecule has 1 saturated heterocycles. The molecule has 0 aliphatic carbocycles. The summed E-state index contributed by atoms with van der Waals surface area (Å²) in [6.07, 6.45) is 0. The molecule has 25 heavy (non-hydrogen) atoms. The first kappa shape index (κ1) is 17.8. The topological polar surface area (TPSA) is 40.6 Å². The number of nitrogens with zero attached hydrogens (tertiary/aromatic N) is 2. The monoisotopic (exact) mass is 356 g/mol. The highest BCUT2D eigenvalue weighted by atomic mass is 32.1. The van der Waals surface area contributed by atoms with Gasteiger partial charge in [0.05, 0.1) is 11.4 Å². The second kappa shape index (κ2) is 7.50. The van der Waals surface area contributed by atoms with Gasteiger partial charge in [0.2, 0.25) is 5.91 Å². The number of carbonyl (C=O) groups is 2. The fourth-order valence-corrected chi connectivity index (χ4v) is 3.89. The number of hydrogen-bond donors (Lipinski definition) is 0. The van der Waals surface area contributed by atoms with Crippen LogP contribution in [-0.2, 0) is 17.9 Å². The van der Waals surface area contributed by atoms with Crippen LogP contribution in [0.4, 0.5) is 0 Å². The van der Waals surface area contributed by atoms with Crippen LogP contribution >= 0.6 is 11.3 Å². The van der Waals surface area contributed by atoms with Gasteiger partial charge in [-0.3, -0.25) is 14.5 Å². The second-order valence-electron chi connectivity index (χ2n) is 6.82. The summed E-state index contributed by atoms with van der Waals surface area (Å²) in [5, 5.41) is 2.02. The van der Waals surface area contributed by atoms with Crippen LogP contribution in [0.1, 0.15) is 38.8 Å². The largest absolute Gasteiger partial charge is 0.336 e. The molecule has 1 fully saturated rings. The molecule has 1 amide bonds. The summed E-state index contributed by atoms with van der Waals surface area (Å²) in [5.74, 6) is 0.275. The molecular weight excluding hydrogens is 332 g/mol. The molecule has 0 radical (unpaired) electrons. The standard InChI is InChI=1S/C20H24N2O2S/c1-14-4-5-17(8-15(14)2)11-22-7-6-21(12-20(22)24)10-18-9-19(16(3)23)25-13-18/h4-5,8-9,13H,6-7,10-12H2,1-3H3. The molecule has 1 aliphatic heterocycles. The van der Waals surface area contributed by atoms with Crippen molar-refractivity contribution in [2.24, 2.45) is 0 Å². The minimum Gasteiger partial charge on any atom is -0.336 e. The van der Waals surface area contributed by atoms with Crippen LogP contribution in [0.3, 0.4) is 0 Å². The first-order valence-electron chi connectivity index (χ1n) is 8.57. The Balaban J connectivity index is 1.57. The van der Waals surface area contributed by atoms with Crippen LogP contribution in [-0.4, -0.2) is 41.1 Å². The molecule has 0 spiro atoms. The SMILES string of the molecule is CC(=O)c1cc(CN2CCN(Cc3ccc(C)c(C)c3)C(=O)C2)cs1. The Morgan fingerprint density at radius 1 is 1.08 bits per heavy atom. The zero-order chi connectivity index (χ0) is 18.0. The van der Waals surface area contributed by atoms with Gasteiger partial charge in [-0.25, -0.2) is 0 Å². The lowest BCUT2D eigenvalue weighted by Crippen LogP contribution is -2.49. The molecule has 1 aromatic heterocycles. The van der Waals surface area contributed by atoms with Gasteiger partial charge in [-0.2, -0.15) is 0 Å². The van der Waals surface area contributed by atoms with Crippen molar-refractivity contribution >= 4 is 23.0 Å². The van der Waals surface area contributed by atoms with Crippen LogP contribution in [0.5, 0.6) is 0 Å². The van der Waals surface area contributed by atoms with Crippen LogP contribution in [0.2, 0.25) is 0 Å². The third kappa shape index (κ3) is 4.35. The van der Waals surface area contributed by atoms with Gasteiger partial charge in [-0.05, 0) is 54.5 Å². The quantitative estimate of drug-likeness (QED) is 0.771. The lowest BCUT2D eigenvalue weighted by atomic mass is 10.1. The minimum absolute atomic E-state index is 0.102. The number of benzene rings is 1. The number of ketones is 1. The molecule has 4 nitrogen and oxygen atoms in total. The van der Waals surface area contributed by atoms with Crippen molar-refractivity contribution in [2.75, 3.05) is 19.6 Å². The summed E-state index contributed by atoms with van der Waals surface area (Å²) in [4.78, 5) is 28.8. The maximum absolute atomic E-state index is 12.5. The third-order valence-electron chi connectivity index (χ3n) is 4.75. The first-order valence-corrected chi connectivity index (χ1v) is 9.45. The van der Waals surface area contributed by atoms with Gasteiger partial charge in [0, 0.05) is 26.2 Å². The van der Waals surface area contributed by atoms with Crippen LogP contribution in [0, 0.1) is 13.8 Å². The van der Waals surface area contributed by atoms with E-state index in [0.29, 0.717) is 13.1 Å². The molecule has 0 N–H and O–H groups in total. The highest BCUT2D eigenvalue weighted by molar-refractivity contribution is 7.12. The molecule has 1 aliphatic rings. The molecule has 1 aromatic carbocycles. The van der Waals surface area contributed by atoms with Gasteiger partial charge < -0.3 is 4.90 Å². The van der Waals surface area contributed by atoms with Gasteiger partial charge in [0.25, 0.3) is 0 Å². The smallest absolute Gasteiger partial charge is 0.237 e. The fraction of sp³-hybridized carbons (Fsp3) is 0.400. The Morgan fingerprint density at radius 3 is 2.52 bits per heavy atom. The van der Waals surface area contributed by atoms with E-state index < -0.39 is 0 Å². The molecule has 2 aromatic rings. The zero-order valence-corrected chi connectivity index (χ0v) is 15.9. The summed E-state index contributed by atoms with van der Waals surface area (Å²) < 4.78 is 0. The Morgan fingerprint density at radius 2 is 1.88 bits per heavy atom. The van der Waals surface area contributed by atoms with Gasteiger partial charge in [-0.15, -0.1) is 11.3 Å². The van der Waals surface area contributed by atoms with E-state index in [0.717, 1.165) is 30.1 Å². The van der Waals surface area contributed by atoms with Crippen molar-refractivity contribution in [1.29, 1.82) is 0 Å². The van der Waals surface area contributed by atoms with Crippen molar-refractivity contribution < 1.29 is 9.59 Å². The van der Waals surface area contributed by atoms with Crippen molar-refractivity contribution in [2.45, 2.75) is 33.9 Å². The molecule has 3 rings (SSSR count). The zero-order valence-electron chi connectivity index (χ0n) is 15.0. The van der Waals surface area contributed by atoms with E-state index in [1.165, 1.54) is 28.0 Å². The van der Waals surface area contributed by atoms with Crippen molar-refractivity contribution in [1.82, 2.24) is 9.80 Å². The average Bonchev–Trinajstić information content (AvgIpc) is 3.02. The Bertz CT molecular complexity index is 797. The summed E-state index contributed by atoms with van der Waals surface area (Å²) in [7, 11) is 0. The molecular formula is C20H24N2O2S. The van der Waals surface area contributed by atoms with Gasteiger partial charge in [0.1, 0.15) is 0 Å². The van der Waals surface area contributed by atoms with Gasteiger partial charge >= 0.3 is 0 Å². The van der Waals surface area contributed by atoms with Crippen LogP contribution in [0.15, 0.2) is 29.6 Å². The summed E-state index contributed by atoms with van der Waals surface area (Å²) in [5.41, 5.74) is 4.85. The van der Waals surface area contributed by atoms with E-state index in [9.17, 15) is 9.59 Å². The molecule has 0 saturated carbocycles. The number of aryl methyl sites for hydroxylation is 2. The predicted octanol–water partition coefficient (Wildman–Crippen LogP) is 3.41. The van der Waals surface area contributed by atoms with Gasteiger partial charge in [0.15, 0.2) is 5.78 Å². The fourth-order valence-electron chi connectivity index (χ4n) is 3.08. The van der Waals surface area contributed by atoms with Crippen LogP contribution < -0.4 is 0 Å². The number of carbonyl (C=O) groups excluding carboxylic acids is 2. The van der Waals surface area contributed by atoms with E-state index >= 15 is 0 Å². The maximum Gasteiger partial charge on any atom is 0.237 e. The number of hydrogen-bond acceptors (Lipinski definition) is 4. The van der Waals surface area contributed by atoms with Crippen molar-refractivity contribution in [3.63, 3.8) is 0 Å². The Labute approximate surface area is 153 Å². The highest BCUT2D eigenvalue weighted by Crippen LogP contribution is 2.19. The normalized spacial score (nSPS) is 15.6. The lowest BCUT2D eigenvalue weighted by molar-refractivity contribution is -0.136. The molecule has 132 valence electrons. The molecule has 5 heteroatoms. The van der Waals surface area contributed by atoms with Crippen molar-refractivity contribution in [3.8, 4) is 0 Å². The van der Waals surface area contributed by atoms with E-state index in [1.54, 1.807) is 6.92 Å². The minimum atomic E-state index is 0.102. The third-order valence-corrected chi connectivity index (χ3v) is 5.83. The maximum atomic E-state index is 12.5. The van der Waals surface area contributed by atoms with E-state index in [2.05, 4.69) is 36.9 Å². The lowest BCUT2D eigenvalue weighted by Gasteiger charge is -2.34. The molecule has 2 heterocycles. The molecule has 0 unspecified atom stereocenters. The summed E-state index contributed by atoms with van der Waals surface area (Å²) in [6.45, 7) is 9.26. The summed E-state index contributed by atoms with van der Waals surface area (Å²) in [6, 6.07) is 8.34. The van der Waals surface area contributed by atoms with Gasteiger partial charge in [-0.1, -0.05) is 18.2 Å². The summed E-state index contributed by atoms with van der Waals surface area (Å²) >= 11 is 1.48. The number of Topliss-reactive ketones (excluding diaryl/α,β-unsaturated/α-hetero) is 1. The average molecular weight is 356 g/mol. The second-order valence-corrected chi connectivity index (χ2v) is 7.73. The predicted molar refractivity (Wildman–Crippen MR) is 101 cm³/mol. The number of piperazine rings is 1. The van der Waals surface area contributed by atoms with E-state index in [-0.39, 0.29) is 11.7 Å². The van der Waals surface area contributed by atoms with Crippen molar-refractivity contribution in [3.05, 3.63) is 56.8 Å². The number of thiophene rings is 1. The Hall–Kier alpha value is -1.98. The Kier molecular flexibility index (Phi) is 5.35. The number of rotatable bonds is 5. The van der Waals surface area contributed by atoms with E-state index in [4.69, 9.17) is 0 Å². The highest BCUT2D eigenvalue weighted by Gasteiger charge is 2.24. The number of amides is 1. The molecule has 0 atom stereocenters. The first-order chi connectivity index (χ1) is 11.9. The van der Waals surface area contributed by atoms with E-state index in [1.807, 2.05) is 16.3 Å². The van der Waals surface area contributed by atoms with Crippen LogP contribution in [0.25, 0.3) is 0 Å². The molecule has 0 bridgehead atoms.